The lowest BCUT2D eigenvalue weighted by molar-refractivity contribution is -0.115. The molecule has 3 rings (SSSR count). The van der Waals surface area contributed by atoms with Crippen LogP contribution in [-0.2, 0) is 11.2 Å². The highest BCUT2D eigenvalue weighted by Gasteiger charge is 2.06. The molecule has 0 radical (unpaired) electrons. The van der Waals surface area contributed by atoms with Gasteiger partial charge in [-0.15, -0.1) is 0 Å². The molecule has 118 valence electrons. The third-order valence-corrected chi connectivity index (χ3v) is 3.46. The molecule has 0 unspecified atom stereocenters. The highest BCUT2D eigenvalue weighted by atomic mass is 16.5. The Labute approximate surface area is 134 Å². The number of pyridine rings is 1. The summed E-state index contributed by atoms with van der Waals surface area (Å²) < 4.78 is 5.42. The highest BCUT2D eigenvalue weighted by molar-refractivity contribution is 5.92. The van der Waals surface area contributed by atoms with E-state index in [2.05, 4.69) is 15.3 Å². The number of H-pyrrole nitrogens is 1. The average molecular weight is 309 g/mol. The van der Waals surface area contributed by atoms with Crippen LogP contribution in [0.25, 0.3) is 10.9 Å². The van der Waals surface area contributed by atoms with Crippen molar-refractivity contribution in [1.29, 1.82) is 0 Å². The van der Waals surface area contributed by atoms with E-state index in [-0.39, 0.29) is 5.91 Å². The van der Waals surface area contributed by atoms with Crippen LogP contribution in [0.4, 0.5) is 5.69 Å². The van der Waals surface area contributed by atoms with Gasteiger partial charge in [0.2, 0.25) is 11.8 Å². The second-order valence-corrected chi connectivity index (χ2v) is 5.36. The number of ether oxygens (including phenoxy) is 1. The first-order valence-electron chi connectivity index (χ1n) is 7.69. The van der Waals surface area contributed by atoms with Crippen molar-refractivity contribution in [2.75, 3.05) is 11.9 Å². The van der Waals surface area contributed by atoms with Crippen LogP contribution in [0.15, 0.2) is 48.8 Å². The second-order valence-electron chi connectivity index (χ2n) is 5.36. The molecular weight excluding hydrogens is 290 g/mol. The number of aromatic nitrogens is 2. The van der Waals surface area contributed by atoms with Crippen molar-refractivity contribution in [2.24, 2.45) is 0 Å². The Morgan fingerprint density at radius 2 is 2.17 bits per heavy atom. The van der Waals surface area contributed by atoms with E-state index in [1.807, 2.05) is 37.4 Å². The molecule has 0 aliphatic carbocycles. The molecule has 0 aliphatic heterocycles. The molecule has 2 N–H and O–H groups in total. The van der Waals surface area contributed by atoms with E-state index in [1.54, 1.807) is 18.3 Å². The topological polar surface area (TPSA) is 67.0 Å². The molecule has 2 aromatic heterocycles. The maximum absolute atomic E-state index is 12.1. The molecule has 0 aliphatic rings. The summed E-state index contributed by atoms with van der Waals surface area (Å²) in [5.74, 6) is 0.502. The molecular formula is C18H19N3O2. The fraction of sp³-hybridized carbons (Fsp3) is 0.222. The van der Waals surface area contributed by atoms with Crippen LogP contribution < -0.4 is 10.1 Å². The predicted molar refractivity (Wildman–Crippen MR) is 90.7 cm³/mol. The second kappa shape index (κ2) is 6.96. The standard InChI is InChI=1S/C18H19N3O2/c1-2-9-23-18-6-5-15(12-20-18)21-17(22)11-13-3-4-14-7-8-19-16(14)10-13/h3-8,10,12,19H,2,9,11H2,1H3,(H,21,22). The van der Waals surface area contributed by atoms with Gasteiger partial charge in [-0.1, -0.05) is 19.1 Å². The van der Waals surface area contributed by atoms with Gasteiger partial charge in [-0.2, -0.15) is 0 Å². The van der Waals surface area contributed by atoms with Crippen molar-refractivity contribution in [3.8, 4) is 5.88 Å². The summed E-state index contributed by atoms with van der Waals surface area (Å²) in [6.45, 7) is 2.68. The fourth-order valence-electron chi connectivity index (χ4n) is 2.34. The zero-order chi connectivity index (χ0) is 16.1. The van der Waals surface area contributed by atoms with Gasteiger partial charge in [0, 0.05) is 17.8 Å². The minimum absolute atomic E-state index is 0.0695. The molecule has 5 heteroatoms. The number of carbonyl (C=O) groups excluding carboxylic acids is 1. The number of hydrogen-bond donors (Lipinski definition) is 2. The lowest BCUT2D eigenvalue weighted by atomic mass is 10.1. The Morgan fingerprint density at radius 1 is 1.26 bits per heavy atom. The average Bonchev–Trinajstić information content (AvgIpc) is 3.02. The highest BCUT2D eigenvalue weighted by Crippen LogP contribution is 2.16. The monoisotopic (exact) mass is 309 g/mol. The number of hydrogen-bond acceptors (Lipinski definition) is 3. The van der Waals surface area contributed by atoms with Crippen LogP contribution in [0.3, 0.4) is 0 Å². The fourth-order valence-corrected chi connectivity index (χ4v) is 2.34. The largest absolute Gasteiger partial charge is 0.478 e. The summed E-state index contributed by atoms with van der Waals surface area (Å²) in [7, 11) is 0. The van der Waals surface area contributed by atoms with E-state index < -0.39 is 0 Å². The van der Waals surface area contributed by atoms with Gasteiger partial charge in [-0.25, -0.2) is 4.98 Å². The maximum Gasteiger partial charge on any atom is 0.228 e. The van der Waals surface area contributed by atoms with E-state index in [0.29, 0.717) is 24.6 Å². The molecule has 0 bridgehead atoms. The number of aromatic amines is 1. The predicted octanol–water partition coefficient (Wildman–Crippen LogP) is 3.53. The van der Waals surface area contributed by atoms with Crippen LogP contribution in [0.5, 0.6) is 5.88 Å². The number of benzene rings is 1. The van der Waals surface area contributed by atoms with Crippen molar-refractivity contribution in [2.45, 2.75) is 19.8 Å². The Bertz CT molecular complexity index is 793. The van der Waals surface area contributed by atoms with Crippen LogP contribution in [0, 0.1) is 0 Å². The molecule has 23 heavy (non-hydrogen) atoms. The van der Waals surface area contributed by atoms with Crippen molar-refractivity contribution in [1.82, 2.24) is 9.97 Å². The van der Waals surface area contributed by atoms with Gasteiger partial charge in [-0.3, -0.25) is 4.79 Å². The molecule has 1 amide bonds. The van der Waals surface area contributed by atoms with Gasteiger partial charge in [0.15, 0.2) is 0 Å². The minimum atomic E-state index is -0.0695. The summed E-state index contributed by atoms with van der Waals surface area (Å²) in [4.78, 5) is 19.5. The van der Waals surface area contributed by atoms with Crippen molar-refractivity contribution in [3.63, 3.8) is 0 Å². The van der Waals surface area contributed by atoms with E-state index in [9.17, 15) is 4.79 Å². The van der Waals surface area contributed by atoms with Crippen molar-refractivity contribution < 1.29 is 9.53 Å². The van der Waals surface area contributed by atoms with Crippen molar-refractivity contribution >= 4 is 22.5 Å². The summed E-state index contributed by atoms with van der Waals surface area (Å²) in [6, 6.07) is 11.5. The van der Waals surface area contributed by atoms with Crippen LogP contribution in [0.1, 0.15) is 18.9 Å². The van der Waals surface area contributed by atoms with E-state index in [4.69, 9.17) is 4.74 Å². The third-order valence-electron chi connectivity index (χ3n) is 3.46. The molecule has 0 saturated carbocycles. The van der Waals surface area contributed by atoms with Crippen LogP contribution in [-0.4, -0.2) is 22.5 Å². The summed E-state index contributed by atoms with van der Waals surface area (Å²) in [5.41, 5.74) is 2.67. The lowest BCUT2D eigenvalue weighted by Gasteiger charge is -2.07. The van der Waals surface area contributed by atoms with Gasteiger partial charge in [-0.05, 0) is 35.6 Å². The first-order chi connectivity index (χ1) is 11.2. The number of amides is 1. The third kappa shape index (κ3) is 3.88. The Kier molecular flexibility index (Phi) is 4.57. The SMILES string of the molecule is CCCOc1ccc(NC(=O)Cc2ccc3cc[nH]c3c2)cn1. The molecule has 0 atom stereocenters. The normalized spacial score (nSPS) is 10.7. The first-order valence-corrected chi connectivity index (χ1v) is 7.69. The lowest BCUT2D eigenvalue weighted by Crippen LogP contribution is -2.14. The quantitative estimate of drug-likeness (QED) is 0.732. The summed E-state index contributed by atoms with van der Waals surface area (Å²) in [5, 5.41) is 3.99. The Hall–Kier alpha value is -2.82. The number of nitrogens with zero attached hydrogens (tertiary/aromatic N) is 1. The van der Waals surface area contributed by atoms with E-state index in [0.717, 1.165) is 22.9 Å². The smallest absolute Gasteiger partial charge is 0.228 e. The number of anilines is 1. The van der Waals surface area contributed by atoms with Gasteiger partial charge < -0.3 is 15.0 Å². The molecule has 0 spiro atoms. The van der Waals surface area contributed by atoms with E-state index >= 15 is 0 Å². The molecule has 0 fully saturated rings. The van der Waals surface area contributed by atoms with Gasteiger partial charge in [0.1, 0.15) is 0 Å². The van der Waals surface area contributed by atoms with Gasteiger partial charge >= 0.3 is 0 Å². The van der Waals surface area contributed by atoms with Gasteiger partial charge in [0.25, 0.3) is 0 Å². The number of fused-ring (bicyclic) bond motifs is 1. The van der Waals surface area contributed by atoms with Crippen LogP contribution >= 0.6 is 0 Å². The van der Waals surface area contributed by atoms with Crippen LogP contribution in [0.2, 0.25) is 0 Å². The molecule has 5 nitrogen and oxygen atoms in total. The molecule has 1 aromatic carbocycles. The number of carbonyl (C=O) groups is 1. The Balaban J connectivity index is 1.60. The minimum Gasteiger partial charge on any atom is -0.478 e. The molecule has 2 heterocycles. The van der Waals surface area contributed by atoms with Crippen molar-refractivity contribution in [3.05, 3.63) is 54.4 Å². The summed E-state index contributed by atoms with van der Waals surface area (Å²) in [6.07, 6.45) is 4.76. The van der Waals surface area contributed by atoms with E-state index in [1.165, 1.54) is 0 Å². The van der Waals surface area contributed by atoms with Gasteiger partial charge in [0.05, 0.1) is 24.9 Å². The zero-order valence-corrected chi connectivity index (χ0v) is 13.0. The number of rotatable bonds is 6. The molecule has 3 aromatic rings. The summed E-state index contributed by atoms with van der Waals surface area (Å²) >= 11 is 0. The number of nitrogens with one attached hydrogen (secondary N) is 2. The zero-order valence-electron chi connectivity index (χ0n) is 13.0. The maximum atomic E-state index is 12.1. The molecule has 0 saturated heterocycles. The first kappa shape index (κ1) is 15.1. The Morgan fingerprint density at radius 3 is 2.96 bits per heavy atom.